The van der Waals surface area contributed by atoms with Gasteiger partial charge in [-0.3, -0.25) is 4.79 Å². The van der Waals surface area contributed by atoms with E-state index in [1.807, 2.05) is 24.3 Å². The largest absolute Gasteiger partial charge is 0.334 e. The van der Waals surface area contributed by atoms with Crippen molar-refractivity contribution in [3.05, 3.63) is 71.8 Å². The number of nitrogens with zero attached hydrogens (tertiary/aromatic N) is 2. The Labute approximate surface area is 185 Å². The van der Waals surface area contributed by atoms with Gasteiger partial charge in [0.2, 0.25) is 0 Å². The predicted octanol–water partition coefficient (Wildman–Crippen LogP) is 5.70. The summed E-state index contributed by atoms with van der Waals surface area (Å²) in [6, 6.07) is 16.7. The normalized spacial score (nSPS) is 21.9. The molecule has 2 aromatic carbocycles. The summed E-state index contributed by atoms with van der Waals surface area (Å²) >= 11 is 1.69. The van der Waals surface area contributed by atoms with Crippen molar-refractivity contribution in [1.82, 2.24) is 9.80 Å². The summed E-state index contributed by atoms with van der Waals surface area (Å²) in [6.45, 7) is 12.9. The molecule has 1 amide bonds. The van der Waals surface area contributed by atoms with E-state index in [0.29, 0.717) is 6.04 Å². The highest BCUT2D eigenvalue weighted by Crippen LogP contribution is 2.34. The molecule has 0 bridgehead atoms. The van der Waals surface area contributed by atoms with Gasteiger partial charge in [0.1, 0.15) is 0 Å². The molecule has 0 N–H and O–H groups in total. The van der Waals surface area contributed by atoms with Gasteiger partial charge in [-0.2, -0.15) is 0 Å². The number of rotatable bonds is 6. The zero-order valence-electron chi connectivity index (χ0n) is 18.1. The highest BCUT2D eigenvalue weighted by atomic mass is 32.2. The summed E-state index contributed by atoms with van der Waals surface area (Å²) in [5, 5.41) is 0. The number of likely N-dealkylation sites (tertiary alicyclic amines) is 2. The Morgan fingerprint density at radius 2 is 1.80 bits per heavy atom. The Kier molecular flexibility index (Phi) is 6.64. The quantitative estimate of drug-likeness (QED) is 0.560. The lowest BCUT2D eigenvalue weighted by Gasteiger charge is -2.29. The van der Waals surface area contributed by atoms with Crippen molar-refractivity contribution >= 4 is 22.6 Å². The maximum atomic E-state index is 13.2. The van der Waals surface area contributed by atoms with Crippen molar-refractivity contribution in [2.75, 3.05) is 26.2 Å². The van der Waals surface area contributed by atoms with Crippen LogP contribution in [0.3, 0.4) is 0 Å². The number of hydrogen-bond donors (Lipinski definition) is 0. The van der Waals surface area contributed by atoms with E-state index in [4.69, 9.17) is 0 Å². The first-order chi connectivity index (χ1) is 14.5. The average Bonchev–Trinajstić information content (AvgIpc) is 3.38. The Morgan fingerprint density at radius 3 is 2.50 bits per heavy atom. The van der Waals surface area contributed by atoms with Crippen LogP contribution >= 0.6 is 11.8 Å². The van der Waals surface area contributed by atoms with Crippen molar-refractivity contribution in [1.29, 1.82) is 0 Å². The van der Waals surface area contributed by atoms with Gasteiger partial charge in [-0.05, 0) is 68.0 Å². The van der Waals surface area contributed by atoms with Crippen molar-refractivity contribution in [2.45, 2.75) is 44.0 Å². The van der Waals surface area contributed by atoms with Crippen LogP contribution in [0, 0.1) is 12.8 Å². The molecular formula is C26H32N2OS. The highest BCUT2D eigenvalue weighted by Gasteiger charge is 2.32. The molecule has 4 rings (SSSR count). The molecule has 158 valence electrons. The third-order valence-electron chi connectivity index (χ3n) is 6.40. The fourth-order valence-electron chi connectivity index (χ4n) is 4.61. The fourth-order valence-corrected chi connectivity index (χ4v) is 5.51. The minimum atomic E-state index is 0.175. The van der Waals surface area contributed by atoms with E-state index >= 15 is 0 Å². The van der Waals surface area contributed by atoms with Crippen molar-refractivity contribution < 1.29 is 4.79 Å². The first kappa shape index (κ1) is 21.2. The van der Waals surface area contributed by atoms with Gasteiger partial charge in [-0.1, -0.05) is 55.6 Å². The van der Waals surface area contributed by atoms with Crippen LogP contribution in [0.4, 0.5) is 0 Å². The Morgan fingerprint density at radius 1 is 1.07 bits per heavy atom. The molecule has 0 saturated carbocycles. The molecule has 0 spiro atoms. The fraction of sp³-hybridized carbons (Fsp3) is 0.423. The van der Waals surface area contributed by atoms with Gasteiger partial charge < -0.3 is 9.80 Å². The molecule has 0 radical (unpaired) electrons. The summed E-state index contributed by atoms with van der Waals surface area (Å²) in [5.74, 6) is 0.960. The maximum Gasteiger partial charge on any atom is 0.254 e. The zero-order valence-corrected chi connectivity index (χ0v) is 19.0. The maximum absolute atomic E-state index is 13.2. The lowest BCUT2D eigenvalue weighted by atomic mass is 10.1. The molecule has 3 nitrogen and oxygen atoms in total. The van der Waals surface area contributed by atoms with Gasteiger partial charge in [0, 0.05) is 41.0 Å². The summed E-state index contributed by atoms with van der Waals surface area (Å²) in [4.78, 5) is 20.1. The average molecular weight is 421 g/mol. The number of aryl methyl sites for hydroxylation is 1. The number of amides is 1. The summed E-state index contributed by atoms with van der Waals surface area (Å²) in [5.41, 5.74) is 3.11. The van der Waals surface area contributed by atoms with E-state index in [0.717, 1.165) is 47.9 Å². The SMILES string of the molecule is C=C(Sc1ccccc1C)c1ccc(C(=O)N2CCCC2CN2CCC(C)C2)cc1. The Hall–Kier alpha value is -2.04. The van der Waals surface area contributed by atoms with E-state index in [1.54, 1.807) is 11.8 Å². The van der Waals surface area contributed by atoms with Crippen LogP contribution in [0.2, 0.25) is 0 Å². The zero-order chi connectivity index (χ0) is 21.1. The molecule has 2 aliphatic heterocycles. The lowest BCUT2D eigenvalue weighted by Crippen LogP contribution is -2.42. The van der Waals surface area contributed by atoms with Crippen LogP contribution in [-0.2, 0) is 0 Å². The van der Waals surface area contributed by atoms with Crippen LogP contribution in [0.5, 0.6) is 0 Å². The summed E-state index contributed by atoms with van der Waals surface area (Å²) in [6.07, 6.45) is 3.52. The standard InChI is InChI=1S/C26H32N2OS/c1-19-14-16-27(17-19)18-24-8-6-15-28(24)26(29)23-12-10-22(11-13-23)21(3)30-25-9-5-4-7-20(25)2/h4-5,7,9-13,19,24H,3,6,8,14-18H2,1-2H3. The second-order valence-corrected chi connectivity index (χ2v) is 9.95. The molecular weight excluding hydrogens is 388 g/mol. The molecule has 2 unspecified atom stereocenters. The first-order valence-electron chi connectivity index (χ1n) is 11.1. The third kappa shape index (κ3) is 4.81. The van der Waals surface area contributed by atoms with Crippen LogP contribution in [-0.4, -0.2) is 47.9 Å². The minimum absolute atomic E-state index is 0.175. The van der Waals surface area contributed by atoms with E-state index in [2.05, 4.69) is 54.5 Å². The van der Waals surface area contributed by atoms with Crippen molar-refractivity contribution in [3.8, 4) is 0 Å². The smallest absolute Gasteiger partial charge is 0.254 e. The van der Waals surface area contributed by atoms with E-state index in [1.165, 1.54) is 30.0 Å². The number of carbonyl (C=O) groups is 1. The van der Waals surface area contributed by atoms with Gasteiger partial charge in [0.15, 0.2) is 0 Å². The van der Waals surface area contributed by atoms with Crippen LogP contribution in [0.15, 0.2) is 60.0 Å². The van der Waals surface area contributed by atoms with Gasteiger partial charge in [0.05, 0.1) is 0 Å². The van der Waals surface area contributed by atoms with Gasteiger partial charge >= 0.3 is 0 Å². The van der Waals surface area contributed by atoms with Gasteiger partial charge in [-0.15, -0.1) is 0 Å². The topological polar surface area (TPSA) is 23.6 Å². The van der Waals surface area contributed by atoms with Crippen LogP contribution in [0.25, 0.3) is 4.91 Å². The summed E-state index contributed by atoms with van der Waals surface area (Å²) in [7, 11) is 0. The molecule has 0 aliphatic carbocycles. The van der Waals surface area contributed by atoms with Gasteiger partial charge in [0.25, 0.3) is 5.91 Å². The molecule has 4 heteroatoms. The highest BCUT2D eigenvalue weighted by molar-refractivity contribution is 8.08. The monoisotopic (exact) mass is 420 g/mol. The van der Waals surface area contributed by atoms with E-state index < -0.39 is 0 Å². The Bertz CT molecular complexity index is 908. The molecule has 2 aromatic rings. The van der Waals surface area contributed by atoms with Crippen LogP contribution in [0.1, 0.15) is 47.7 Å². The molecule has 30 heavy (non-hydrogen) atoms. The summed E-state index contributed by atoms with van der Waals surface area (Å²) < 4.78 is 0. The number of carbonyl (C=O) groups excluding carboxylic acids is 1. The number of hydrogen-bond acceptors (Lipinski definition) is 3. The molecule has 2 fully saturated rings. The number of benzene rings is 2. The van der Waals surface area contributed by atoms with Crippen molar-refractivity contribution in [2.24, 2.45) is 5.92 Å². The molecule has 2 aliphatic rings. The van der Waals surface area contributed by atoms with E-state index in [9.17, 15) is 4.79 Å². The van der Waals surface area contributed by atoms with Crippen molar-refractivity contribution in [3.63, 3.8) is 0 Å². The lowest BCUT2D eigenvalue weighted by molar-refractivity contribution is 0.0708. The first-order valence-corrected chi connectivity index (χ1v) is 11.9. The van der Waals surface area contributed by atoms with E-state index in [-0.39, 0.29) is 5.91 Å². The second kappa shape index (κ2) is 9.40. The molecule has 0 aromatic heterocycles. The second-order valence-electron chi connectivity index (χ2n) is 8.82. The molecule has 2 saturated heterocycles. The number of thioether (sulfide) groups is 1. The Balaban J connectivity index is 1.40. The third-order valence-corrected chi connectivity index (χ3v) is 7.56. The van der Waals surface area contributed by atoms with Gasteiger partial charge in [-0.25, -0.2) is 0 Å². The van der Waals surface area contributed by atoms with Crippen LogP contribution < -0.4 is 0 Å². The molecule has 2 atom stereocenters. The molecule has 2 heterocycles. The predicted molar refractivity (Wildman–Crippen MR) is 127 cm³/mol. The minimum Gasteiger partial charge on any atom is -0.334 e.